The van der Waals surface area contributed by atoms with Crippen molar-refractivity contribution in [3.8, 4) is 0 Å². The molecule has 4 rings (SSSR count). The molecule has 0 radical (unpaired) electrons. The van der Waals surface area contributed by atoms with Crippen molar-refractivity contribution >= 4 is 38.8 Å². The molecular formula is C24H26N4O3S. The minimum atomic E-state index is -0.489. The topological polar surface area (TPSA) is 80.7 Å². The largest absolute Gasteiger partial charge is 0.366 e. The lowest BCUT2D eigenvalue weighted by molar-refractivity contribution is -0.384. The summed E-state index contributed by atoms with van der Waals surface area (Å²) in [5.74, 6) is -0.489. The van der Waals surface area contributed by atoms with E-state index in [1.165, 1.54) is 17.4 Å². The molecule has 0 spiro atoms. The monoisotopic (exact) mass is 450 g/mol. The van der Waals surface area contributed by atoms with Gasteiger partial charge < -0.3 is 9.47 Å². The SMILES string of the molecule is C=CCn1c(=NC(=O)c2ccc(N3CCCCC3)c([N+](=O)[O-])c2)sc2c(C)cc(C)cc21. The fourth-order valence-corrected chi connectivity index (χ4v) is 5.35. The molecule has 1 saturated heterocycles. The van der Waals surface area contributed by atoms with Gasteiger partial charge in [-0.15, -0.1) is 6.58 Å². The molecule has 0 unspecified atom stereocenters. The highest BCUT2D eigenvalue weighted by Gasteiger charge is 2.23. The number of nitrogens with zero attached hydrogens (tertiary/aromatic N) is 4. The van der Waals surface area contributed by atoms with Crippen LogP contribution in [-0.4, -0.2) is 28.5 Å². The summed E-state index contributed by atoms with van der Waals surface area (Å²) < 4.78 is 3.02. The van der Waals surface area contributed by atoms with E-state index in [1.807, 2.05) is 23.3 Å². The van der Waals surface area contributed by atoms with Gasteiger partial charge in [0.25, 0.3) is 11.6 Å². The molecule has 2 aromatic carbocycles. The Morgan fingerprint density at radius 2 is 1.97 bits per heavy atom. The molecule has 3 aromatic rings. The lowest BCUT2D eigenvalue weighted by atomic mass is 10.1. The van der Waals surface area contributed by atoms with E-state index < -0.39 is 10.8 Å². The van der Waals surface area contributed by atoms with Crippen LogP contribution in [0, 0.1) is 24.0 Å². The van der Waals surface area contributed by atoms with Crippen LogP contribution >= 0.6 is 11.3 Å². The first kappa shape index (κ1) is 22.0. The highest BCUT2D eigenvalue weighted by molar-refractivity contribution is 7.16. The molecule has 1 amide bonds. The Kier molecular flexibility index (Phi) is 6.23. The van der Waals surface area contributed by atoms with Crippen molar-refractivity contribution in [1.29, 1.82) is 0 Å². The molecule has 166 valence electrons. The highest BCUT2D eigenvalue weighted by atomic mass is 32.1. The van der Waals surface area contributed by atoms with Gasteiger partial charge in [-0.2, -0.15) is 4.99 Å². The minimum Gasteiger partial charge on any atom is -0.366 e. The van der Waals surface area contributed by atoms with Crippen molar-refractivity contribution in [2.45, 2.75) is 39.7 Å². The molecule has 0 saturated carbocycles. The Hall–Kier alpha value is -3.26. The number of thiazole rings is 1. The first-order valence-corrected chi connectivity index (χ1v) is 11.5. The maximum absolute atomic E-state index is 13.0. The van der Waals surface area contributed by atoms with Crippen molar-refractivity contribution < 1.29 is 9.72 Å². The Labute approximate surface area is 190 Å². The van der Waals surface area contributed by atoms with E-state index in [0.29, 0.717) is 17.0 Å². The number of rotatable bonds is 5. The van der Waals surface area contributed by atoms with E-state index in [0.717, 1.165) is 53.7 Å². The van der Waals surface area contributed by atoms with E-state index >= 15 is 0 Å². The van der Waals surface area contributed by atoms with E-state index in [9.17, 15) is 14.9 Å². The minimum absolute atomic E-state index is 0.0465. The summed E-state index contributed by atoms with van der Waals surface area (Å²) in [4.78, 5) is 31.3. The second kappa shape index (κ2) is 9.08. The second-order valence-electron chi connectivity index (χ2n) is 8.14. The molecule has 7 nitrogen and oxygen atoms in total. The Morgan fingerprint density at radius 1 is 1.22 bits per heavy atom. The van der Waals surface area contributed by atoms with Gasteiger partial charge in [0, 0.05) is 31.3 Å². The normalized spacial score (nSPS) is 14.7. The van der Waals surface area contributed by atoms with Gasteiger partial charge in [-0.25, -0.2) is 0 Å². The number of fused-ring (bicyclic) bond motifs is 1. The number of nitro groups is 1. The molecule has 1 aromatic heterocycles. The standard InChI is InChI=1S/C24H26N4O3S/c1-4-10-27-21-14-16(2)13-17(3)22(21)32-24(27)25-23(29)18-8-9-19(20(15-18)28(30)31)26-11-6-5-7-12-26/h4,8-9,13-15H,1,5-7,10-12H2,2-3H3. The number of carbonyl (C=O) groups excluding carboxylic acids is 1. The zero-order valence-corrected chi connectivity index (χ0v) is 19.2. The Bertz CT molecular complexity index is 1280. The van der Waals surface area contributed by atoms with E-state index in [2.05, 4.69) is 23.7 Å². The molecule has 2 heterocycles. The van der Waals surface area contributed by atoms with Crippen molar-refractivity contribution in [1.82, 2.24) is 4.57 Å². The molecule has 0 N–H and O–H groups in total. The smallest absolute Gasteiger partial charge is 0.293 e. The van der Waals surface area contributed by atoms with Crippen LogP contribution in [-0.2, 0) is 6.54 Å². The summed E-state index contributed by atoms with van der Waals surface area (Å²) in [5, 5.41) is 11.7. The van der Waals surface area contributed by atoms with Gasteiger partial charge in [-0.3, -0.25) is 14.9 Å². The van der Waals surface area contributed by atoms with Gasteiger partial charge in [-0.1, -0.05) is 23.5 Å². The number of nitro benzene ring substituents is 1. The number of aromatic nitrogens is 1. The lowest BCUT2D eigenvalue weighted by Gasteiger charge is -2.28. The summed E-state index contributed by atoms with van der Waals surface area (Å²) in [5.41, 5.74) is 4.00. The summed E-state index contributed by atoms with van der Waals surface area (Å²) in [6.07, 6.45) is 4.94. The van der Waals surface area contributed by atoms with Crippen molar-refractivity contribution in [3.05, 3.63) is 74.6 Å². The summed E-state index contributed by atoms with van der Waals surface area (Å²) >= 11 is 1.44. The summed E-state index contributed by atoms with van der Waals surface area (Å²) in [7, 11) is 0. The summed E-state index contributed by atoms with van der Waals surface area (Å²) in [6.45, 7) is 10.0. The Balaban J connectivity index is 1.78. The molecule has 1 aliphatic heterocycles. The van der Waals surface area contributed by atoms with Gasteiger partial charge in [0.1, 0.15) is 5.69 Å². The Morgan fingerprint density at radius 3 is 2.66 bits per heavy atom. The van der Waals surface area contributed by atoms with Crippen LogP contribution in [0.4, 0.5) is 11.4 Å². The molecule has 1 fully saturated rings. The quantitative estimate of drug-likeness (QED) is 0.306. The number of piperidine rings is 1. The molecule has 0 aliphatic carbocycles. The highest BCUT2D eigenvalue weighted by Crippen LogP contribution is 2.31. The number of allylic oxidation sites excluding steroid dienone is 1. The average molecular weight is 451 g/mol. The number of hydrogen-bond acceptors (Lipinski definition) is 5. The fourth-order valence-electron chi connectivity index (χ4n) is 4.26. The van der Waals surface area contributed by atoms with Crippen LogP contribution in [0.15, 0.2) is 48.0 Å². The fraction of sp³-hybridized carbons (Fsp3) is 0.333. The van der Waals surface area contributed by atoms with Gasteiger partial charge in [0.15, 0.2) is 4.80 Å². The third kappa shape index (κ3) is 4.23. The van der Waals surface area contributed by atoms with Gasteiger partial charge in [-0.05, 0) is 62.4 Å². The number of amides is 1. The predicted octanol–water partition coefficient (Wildman–Crippen LogP) is 5.15. The maximum atomic E-state index is 13.0. The van der Waals surface area contributed by atoms with E-state index in [4.69, 9.17) is 0 Å². The van der Waals surface area contributed by atoms with Crippen molar-refractivity contribution in [3.63, 3.8) is 0 Å². The molecule has 0 bridgehead atoms. The zero-order valence-electron chi connectivity index (χ0n) is 18.3. The average Bonchev–Trinajstić information content (AvgIpc) is 3.11. The molecule has 8 heteroatoms. The zero-order chi connectivity index (χ0) is 22.8. The van der Waals surface area contributed by atoms with Crippen molar-refractivity contribution in [2.24, 2.45) is 4.99 Å². The van der Waals surface area contributed by atoms with Gasteiger partial charge in [0.2, 0.25) is 0 Å². The maximum Gasteiger partial charge on any atom is 0.293 e. The molecule has 0 atom stereocenters. The predicted molar refractivity (Wildman–Crippen MR) is 129 cm³/mol. The van der Waals surface area contributed by atoms with Crippen LogP contribution in [0.2, 0.25) is 0 Å². The van der Waals surface area contributed by atoms with Gasteiger partial charge >= 0.3 is 0 Å². The number of aryl methyl sites for hydroxylation is 2. The third-order valence-corrected chi connectivity index (χ3v) is 6.97. The van der Waals surface area contributed by atoms with Crippen LogP contribution in [0.1, 0.15) is 40.7 Å². The van der Waals surface area contributed by atoms with Gasteiger partial charge in [0.05, 0.1) is 15.1 Å². The van der Waals surface area contributed by atoms with Crippen molar-refractivity contribution in [2.75, 3.05) is 18.0 Å². The summed E-state index contributed by atoms with van der Waals surface area (Å²) in [6, 6.07) is 8.86. The van der Waals surface area contributed by atoms with Crippen LogP contribution in [0.5, 0.6) is 0 Å². The number of carbonyl (C=O) groups is 1. The molecule has 32 heavy (non-hydrogen) atoms. The number of benzene rings is 2. The number of anilines is 1. The van der Waals surface area contributed by atoms with Crippen LogP contribution in [0.25, 0.3) is 10.2 Å². The first-order chi connectivity index (χ1) is 15.4. The van der Waals surface area contributed by atoms with E-state index in [-0.39, 0.29) is 11.3 Å². The molecular weight excluding hydrogens is 424 g/mol. The lowest BCUT2D eigenvalue weighted by Crippen LogP contribution is -2.30. The van der Waals surface area contributed by atoms with E-state index in [1.54, 1.807) is 18.2 Å². The molecule has 1 aliphatic rings. The first-order valence-electron chi connectivity index (χ1n) is 10.7. The van der Waals surface area contributed by atoms with Crippen LogP contribution in [0.3, 0.4) is 0 Å². The third-order valence-electron chi connectivity index (χ3n) is 5.74. The second-order valence-corrected chi connectivity index (χ2v) is 9.12. The number of hydrogen-bond donors (Lipinski definition) is 0. The van der Waals surface area contributed by atoms with Crippen LogP contribution < -0.4 is 9.70 Å².